The fraction of sp³-hybridized carbons (Fsp3) is 0.190. The average Bonchev–Trinajstić information content (AvgIpc) is 2.69. The lowest BCUT2D eigenvalue weighted by Crippen LogP contribution is -2.13. The molecule has 0 unspecified atom stereocenters. The Labute approximate surface area is 184 Å². The summed E-state index contributed by atoms with van der Waals surface area (Å²) >= 11 is 9.52. The number of ether oxygens (including phenoxy) is 2. The Morgan fingerprint density at radius 2 is 1.79 bits per heavy atom. The summed E-state index contributed by atoms with van der Waals surface area (Å²) in [5.41, 5.74) is 3.28. The Balaban J connectivity index is 0.00000280. The van der Waals surface area contributed by atoms with Gasteiger partial charge in [-0.05, 0) is 63.0 Å². The zero-order chi connectivity index (χ0) is 19.1. The van der Waals surface area contributed by atoms with Crippen LogP contribution in [-0.4, -0.2) is 12.1 Å². The molecule has 1 heterocycles. The minimum Gasteiger partial charge on any atom is -0.493 e. The fourth-order valence-electron chi connectivity index (χ4n) is 2.61. The fourth-order valence-corrected chi connectivity index (χ4v) is 3.34. The summed E-state index contributed by atoms with van der Waals surface area (Å²) in [7, 11) is 1.64. The molecule has 3 aromatic rings. The molecule has 148 valence electrons. The minimum atomic E-state index is 0. The van der Waals surface area contributed by atoms with Gasteiger partial charge in [-0.15, -0.1) is 12.4 Å². The van der Waals surface area contributed by atoms with E-state index in [9.17, 15) is 0 Å². The molecule has 2 aromatic carbocycles. The van der Waals surface area contributed by atoms with E-state index < -0.39 is 0 Å². The number of halogens is 3. The molecule has 28 heavy (non-hydrogen) atoms. The highest BCUT2D eigenvalue weighted by Gasteiger charge is 2.12. The lowest BCUT2D eigenvalue weighted by Gasteiger charge is -2.15. The Morgan fingerprint density at radius 3 is 2.46 bits per heavy atom. The first-order valence-corrected chi connectivity index (χ1v) is 9.66. The van der Waals surface area contributed by atoms with Crippen LogP contribution in [0.3, 0.4) is 0 Å². The monoisotopic (exact) mass is 482 g/mol. The van der Waals surface area contributed by atoms with E-state index in [1.165, 1.54) is 0 Å². The quantitative estimate of drug-likeness (QED) is 0.439. The largest absolute Gasteiger partial charge is 0.493 e. The second-order valence-corrected chi connectivity index (χ2v) is 7.28. The van der Waals surface area contributed by atoms with Crippen molar-refractivity contribution in [3.05, 3.63) is 87.1 Å². The first-order chi connectivity index (χ1) is 13.2. The van der Waals surface area contributed by atoms with Crippen LogP contribution in [0.5, 0.6) is 11.5 Å². The molecule has 7 heteroatoms. The zero-order valence-corrected chi connectivity index (χ0v) is 18.5. The van der Waals surface area contributed by atoms with E-state index in [2.05, 4.69) is 26.2 Å². The predicted molar refractivity (Wildman–Crippen MR) is 119 cm³/mol. The van der Waals surface area contributed by atoms with Crippen LogP contribution in [-0.2, 0) is 19.7 Å². The number of rotatable bonds is 8. The summed E-state index contributed by atoms with van der Waals surface area (Å²) in [6.07, 6.45) is 3.63. The van der Waals surface area contributed by atoms with Crippen molar-refractivity contribution >= 4 is 39.9 Å². The number of benzene rings is 2. The third-order valence-electron chi connectivity index (χ3n) is 3.97. The Morgan fingerprint density at radius 1 is 1.04 bits per heavy atom. The molecule has 0 radical (unpaired) electrons. The Kier molecular flexibility index (Phi) is 9.06. The predicted octanol–water partition coefficient (Wildman–Crippen LogP) is 5.80. The molecule has 0 bridgehead atoms. The molecule has 0 aliphatic heterocycles. The van der Waals surface area contributed by atoms with Crippen LogP contribution in [0.15, 0.2) is 65.4 Å². The number of hydrogen-bond donors (Lipinski definition) is 1. The van der Waals surface area contributed by atoms with Gasteiger partial charge in [0, 0.05) is 30.5 Å². The summed E-state index contributed by atoms with van der Waals surface area (Å²) in [5.74, 6) is 1.37. The first kappa shape index (κ1) is 22.5. The van der Waals surface area contributed by atoms with E-state index in [0.29, 0.717) is 29.7 Å². The summed E-state index contributed by atoms with van der Waals surface area (Å²) < 4.78 is 12.4. The molecular weight excluding hydrogens is 463 g/mol. The number of methoxy groups -OCH3 is 1. The molecule has 0 aliphatic rings. The number of nitrogens with one attached hydrogen (secondary N) is 1. The number of hydrogen-bond acceptors (Lipinski definition) is 4. The van der Waals surface area contributed by atoms with Crippen LogP contribution in [0.25, 0.3) is 0 Å². The van der Waals surface area contributed by atoms with Crippen LogP contribution in [0.1, 0.15) is 16.7 Å². The lowest BCUT2D eigenvalue weighted by atomic mass is 10.2. The van der Waals surface area contributed by atoms with Gasteiger partial charge in [-0.25, -0.2) is 0 Å². The topological polar surface area (TPSA) is 43.4 Å². The summed E-state index contributed by atoms with van der Waals surface area (Å²) in [6, 6.07) is 15.6. The highest BCUT2D eigenvalue weighted by Crippen LogP contribution is 2.37. The number of pyridine rings is 1. The Bertz CT molecular complexity index is 878. The number of aromatic nitrogens is 1. The second kappa shape index (κ2) is 11.3. The third kappa shape index (κ3) is 6.38. The standard InChI is InChI=1S/C21H20BrClN2O2.ClH/c1-26-20-10-17(13-25-12-16-3-2-8-24-11-16)9-19(22)21(20)27-14-15-4-6-18(23)7-5-15;/h2-11,25H,12-14H2,1H3;1H. The maximum atomic E-state index is 5.97. The smallest absolute Gasteiger partial charge is 0.175 e. The van der Waals surface area contributed by atoms with Gasteiger partial charge in [0.25, 0.3) is 0 Å². The maximum Gasteiger partial charge on any atom is 0.175 e. The van der Waals surface area contributed by atoms with Crippen molar-refractivity contribution in [3.8, 4) is 11.5 Å². The van der Waals surface area contributed by atoms with Crippen molar-refractivity contribution in [1.29, 1.82) is 0 Å². The molecule has 1 N–H and O–H groups in total. The van der Waals surface area contributed by atoms with Crippen LogP contribution < -0.4 is 14.8 Å². The summed E-state index contributed by atoms with van der Waals surface area (Å²) in [6.45, 7) is 1.90. The zero-order valence-electron chi connectivity index (χ0n) is 15.3. The van der Waals surface area contributed by atoms with Gasteiger partial charge >= 0.3 is 0 Å². The van der Waals surface area contributed by atoms with Gasteiger partial charge in [0.15, 0.2) is 11.5 Å². The normalized spacial score (nSPS) is 10.2. The summed E-state index contributed by atoms with van der Waals surface area (Å²) in [4.78, 5) is 4.12. The average molecular weight is 484 g/mol. The van der Waals surface area contributed by atoms with E-state index in [0.717, 1.165) is 27.7 Å². The third-order valence-corrected chi connectivity index (χ3v) is 4.81. The van der Waals surface area contributed by atoms with Crippen molar-refractivity contribution in [2.45, 2.75) is 19.7 Å². The van der Waals surface area contributed by atoms with Gasteiger partial charge in [-0.2, -0.15) is 0 Å². The van der Waals surface area contributed by atoms with Crippen LogP contribution in [0, 0.1) is 0 Å². The number of nitrogens with zero attached hydrogens (tertiary/aromatic N) is 1. The van der Waals surface area contributed by atoms with E-state index >= 15 is 0 Å². The van der Waals surface area contributed by atoms with Crippen LogP contribution in [0.4, 0.5) is 0 Å². The van der Waals surface area contributed by atoms with Crippen LogP contribution >= 0.6 is 39.9 Å². The molecule has 3 rings (SSSR count). The highest BCUT2D eigenvalue weighted by molar-refractivity contribution is 9.10. The van der Waals surface area contributed by atoms with Gasteiger partial charge < -0.3 is 14.8 Å². The maximum absolute atomic E-state index is 5.97. The van der Waals surface area contributed by atoms with E-state index in [1.54, 1.807) is 13.3 Å². The van der Waals surface area contributed by atoms with Gasteiger partial charge in [0.1, 0.15) is 6.61 Å². The second-order valence-electron chi connectivity index (χ2n) is 5.99. The molecule has 1 aromatic heterocycles. The molecule has 0 atom stereocenters. The lowest BCUT2D eigenvalue weighted by molar-refractivity contribution is 0.282. The molecule has 0 saturated carbocycles. The SMILES string of the molecule is COc1cc(CNCc2cccnc2)cc(Br)c1OCc1ccc(Cl)cc1.Cl. The van der Waals surface area contributed by atoms with E-state index in [4.69, 9.17) is 21.1 Å². The van der Waals surface area contributed by atoms with Gasteiger partial charge in [-0.1, -0.05) is 29.8 Å². The van der Waals surface area contributed by atoms with Gasteiger partial charge in [0.2, 0.25) is 0 Å². The van der Waals surface area contributed by atoms with Crippen molar-refractivity contribution in [2.75, 3.05) is 7.11 Å². The van der Waals surface area contributed by atoms with Crippen molar-refractivity contribution < 1.29 is 9.47 Å². The van der Waals surface area contributed by atoms with E-state index in [1.807, 2.05) is 54.7 Å². The molecule has 0 amide bonds. The van der Waals surface area contributed by atoms with Crippen LogP contribution in [0.2, 0.25) is 5.02 Å². The Hall–Kier alpha value is -1.79. The van der Waals surface area contributed by atoms with Crippen molar-refractivity contribution in [3.63, 3.8) is 0 Å². The highest BCUT2D eigenvalue weighted by atomic mass is 79.9. The molecule has 0 fully saturated rings. The summed E-state index contributed by atoms with van der Waals surface area (Å²) in [5, 5.41) is 4.12. The van der Waals surface area contributed by atoms with Crippen molar-refractivity contribution in [2.24, 2.45) is 0 Å². The van der Waals surface area contributed by atoms with E-state index in [-0.39, 0.29) is 12.4 Å². The molecule has 0 spiro atoms. The van der Waals surface area contributed by atoms with Gasteiger partial charge in [0.05, 0.1) is 11.6 Å². The molecular formula is C21H21BrCl2N2O2. The van der Waals surface area contributed by atoms with Crippen molar-refractivity contribution in [1.82, 2.24) is 10.3 Å². The molecule has 4 nitrogen and oxygen atoms in total. The van der Waals surface area contributed by atoms with Gasteiger partial charge in [-0.3, -0.25) is 4.98 Å². The molecule has 0 aliphatic carbocycles. The first-order valence-electron chi connectivity index (χ1n) is 8.49. The minimum absolute atomic E-state index is 0. The molecule has 0 saturated heterocycles.